The fourth-order valence-electron chi connectivity index (χ4n) is 1.01. The van der Waals surface area contributed by atoms with E-state index in [4.69, 9.17) is 24.4 Å². The van der Waals surface area contributed by atoms with Crippen LogP contribution in [-0.4, -0.2) is 62.1 Å². The topological polar surface area (TPSA) is 68.2 Å². The highest BCUT2D eigenvalue weighted by atomic mass is 16.6. The molecule has 0 heterocycles. The minimum Gasteiger partial charge on any atom is -0.394 e. The summed E-state index contributed by atoms with van der Waals surface area (Å²) in [6, 6.07) is 0. The molecule has 0 radical (unpaired) electrons. The lowest BCUT2D eigenvalue weighted by Crippen LogP contribution is -2.31. The Morgan fingerprint density at radius 3 is 1.94 bits per heavy atom. The zero-order valence-corrected chi connectivity index (χ0v) is 10.1. The fourth-order valence-corrected chi connectivity index (χ4v) is 1.01. The molecule has 0 aliphatic rings. The first-order chi connectivity index (χ1) is 8.24. The molecule has 0 aliphatic heterocycles. The average molecular weight is 246 g/mol. The minimum atomic E-state index is -0.878. The second kappa shape index (κ2) is 11.8. The predicted molar refractivity (Wildman–Crippen MR) is 64.9 cm³/mol. The average Bonchev–Trinajstić information content (AvgIpc) is 2.35. The van der Waals surface area contributed by atoms with Crippen LogP contribution >= 0.6 is 0 Å². The summed E-state index contributed by atoms with van der Waals surface area (Å²) in [6.45, 7) is 8.37. The van der Waals surface area contributed by atoms with E-state index in [1.165, 1.54) is 0 Å². The molecule has 2 N–H and O–H groups in total. The summed E-state index contributed by atoms with van der Waals surface area (Å²) in [7, 11) is 0. The summed E-state index contributed by atoms with van der Waals surface area (Å²) in [5.74, 6) is 0. The molecule has 0 aromatic rings. The Labute approximate surface area is 102 Å². The number of rotatable bonds is 12. The van der Waals surface area contributed by atoms with Gasteiger partial charge in [-0.15, -0.1) is 13.2 Å². The van der Waals surface area contributed by atoms with Gasteiger partial charge < -0.3 is 24.4 Å². The van der Waals surface area contributed by atoms with Crippen molar-refractivity contribution in [1.82, 2.24) is 0 Å². The molecule has 0 aromatic heterocycles. The lowest BCUT2D eigenvalue weighted by molar-refractivity contribution is -0.0825. The molecule has 1 unspecified atom stereocenters. The lowest BCUT2D eigenvalue weighted by Gasteiger charge is -2.19. The van der Waals surface area contributed by atoms with Crippen molar-refractivity contribution in [1.29, 1.82) is 0 Å². The van der Waals surface area contributed by atoms with Gasteiger partial charge in [-0.3, -0.25) is 0 Å². The molecule has 0 bridgehead atoms. The number of hydrogen-bond acceptors (Lipinski definition) is 5. The van der Waals surface area contributed by atoms with E-state index in [9.17, 15) is 0 Å². The monoisotopic (exact) mass is 246 g/mol. The number of hydrogen-bond donors (Lipinski definition) is 2. The van der Waals surface area contributed by atoms with E-state index in [1.807, 2.05) is 0 Å². The van der Waals surface area contributed by atoms with E-state index in [1.54, 1.807) is 12.2 Å². The predicted octanol–water partition coefficient (Wildman–Crippen LogP) is 0.130. The maximum absolute atomic E-state index is 9.16. The molecule has 5 heteroatoms. The smallest absolute Gasteiger partial charge is 0.104 e. The zero-order chi connectivity index (χ0) is 12.9. The van der Waals surface area contributed by atoms with Crippen molar-refractivity contribution in [2.75, 3.05) is 39.6 Å². The molecule has 0 aromatic carbocycles. The highest BCUT2D eigenvalue weighted by Crippen LogP contribution is 1.98. The van der Waals surface area contributed by atoms with E-state index in [-0.39, 0.29) is 19.3 Å². The van der Waals surface area contributed by atoms with Crippen molar-refractivity contribution in [3.05, 3.63) is 25.3 Å². The molecule has 0 saturated carbocycles. The van der Waals surface area contributed by atoms with Crippen LogP contribution in [0, 0.1) is 0 Å². The largest absolute Gasteiger partial charge is 0.394 e. The minimum absolute atomic E-state index is 0.0517. The van der Waals surface area contributed by atoms with Crippen molar-refractivity contribution in [3.8, 4) is 0 Å². The summed E-state index contributed by atoms with van der Waals surface area (Å²) in [4.78, 5) is 0. The first-order valence-electron chi connectivity index (χ1n) is 5.52. The van der Waals surface area contributed by atoms with Crippen molar-refractivity contribution in [2.24, 2.45) is 0 Å². The Balaban J connectivity index is 3.82. The molecule has 17 heavy (non-hydrogen) atoms. The van der Waals surface area contributed by atoms with E-state index >= 15 is 0 Å². The Kier molecular flexibility index (Phi) is 11.3. The Morgan fingerprint density at radius 1 is 1.00 bits per heavy atom. The van der Waals surface area contributed by atoms with Crippen LogP contribution in [0.1, 0.15) is 0 Å². The summed E-state index contributed by atoms with van der Waals surface area (Å²) < 4.78 is 15.9. The first-order valence-corrected chi connectivity index (χ1v) is 5.52. The van der Waals surface area contributed by atoms with Gasteiger partial charge in [-0.25, -0.2) is 0 Å². The standard InChI is InChI=1S/C12H22O5/c1-3-5-15-9-12(10-16-6-4-2)17-8-11(14)7-13/h3-4,11-14H,1-2,5-10H2. The molecule has 1 atom stereocenters. The van der Waals surface area contributed by atoms with Crippen LogP contribution in [0.15, 0.2) is 25.3 Å². The lowest BCUT2D eigenvalue weighted by atomic mass is 10.3. The van der Waals surface area contributed by atoms with Crippen LogP contribution in [0.5, 0.6) is 0 Å². The zero-order valence-electron chi connectivity index (χ0n) is 10.1. The first kappa shape index (κ1) is 16.3. The Morgan fingerprint density at radius 2 is 1.53 bits per heavy atom. The number of ether oxygens (including phenoxy) is 3. The highest BCUT2D eigenvalue weighted by molar-refractivity contribution is 4.67. The third kappa shape index (κ3) is 10.2. The molecule has 0 fully saturated rings. The second-order valence-corrected chi connectivity index (χ2v) is 3.44. The van der Waals surface area contributed by atoms with Gasteiger partial charge in [0.25, 0.3) is 0 Å². The van der Waals surface area contributed by atoms with E-state index in [2.05, 4.69) is 13.2 Å². The molecule has 100 valence electrons. The summed E-state index contributed by atoms with van der Waals surface area (Å²) in [5, 5.41) is 17.8. The van der Waals surface area contributed by atoms with E-state index in [0.29, 0.717) is 26.4 Å². The SMILES string of the molecule is C=CCOCC(COCC=C)OCC(O)CO. The third-order valence-corrected chi connectivity index (χ3v) is 1.81. The van der Waals surface area contributed by atoms with Crippen LogP contribution in [0.25, 0.3) is 0 Å². The van der Waals surface area contributed by atoms with Gasteiger partial charge >= 0.3 is 0 Å². The van der Waals surface area contributed by atoms with Gasteiger partial charge in [-0.2, -0.15) is 0 Å². The van der Waals surface area contributed by atoms with Gasteiger partial charge in [-0.1, -0.05) is 12.2 Å². The third-order valence-electron chi connectivity index (χ3n) is 1.81. The molecule has 0 amide bonds. The number of aliphatic hydroxyl groups excluding tert-OH is 2. The molecule has 0 aliphatic carbocycles. The van der Waals surface area contributed by atoms with Crippen molar-refractivity contribution >= 4 is 0 Å². The van der Waals surface area contributed by atoms with Gasteiger partial charge in [0, 0.05) is 0 Å². The molecule has 0 saturated heterocycles. The van der Waals surface area contributed by atoms with Gasteiger partial charge in [-0.05, 0) is 0 Å². The van der Waals surface area contributed by atoms with Gasteiger partial charge in [0.05, 0.1) is 39.6 Å². The summed E-state index contributed by atoms with van der Waals surface area (Å²) in [6.07, 6.45) is 2.13. The van der Waals surface area contributed by atoms with Crippen molar-refractivity contribution < 1.29 is 24.4 Å². The van der Waals surface area contributed by atoms with Crippen LogP contribution in [0.4, 0.5) is 0 Å². The van der Waals surface area contributed by atoms with Gasteiger partial charge in [0.15, 0.2) is 0 Å². The molecular formula is C12H22O5. The highest BCUT2D eigenvalue weighted by Gasteiger charge is 2.12. The fraction of sp³-hybridized carbons (Fsp3) is 0.667. The number of aliphatic hydroxyl groups is 2. The molecule has 5 nitrogen and oxygen atoms in total. The maximum atomic E-state index is 9.16. The normalized spacial score (nSPS) is 12.6. The van der Waals surface area contributed by atoms with E-state index in [0.717, 1.165) is 0 Å². The van der Waals surface area contributed by atoms with E-state index < -0.39 is 6.10 Å². The Bertz CT molecular complexity index is 181. The van der Waals surface area contributed by atoms with Crippen molar-refractivity contribution in [2.45, 2.75) is 12.2 Å². The Hall–Kier alpha value is -0.720. The van der Waals surface area contributed by atoms with Crippen molar-refractivity contribution in [3.63, 3.8) is 0 Å². The van der Waals surface area contributed by atoms with Crippen LogP contribution < -0.4 is 0 Å². The van der Waals surface area contributed by atoms with Crippen LogP contribution in [-0.2, 0) is 14.2 Å². The quantitative estimate of drug-likeness (QED) is 0.378. The molecule has 0 spiro atoms. The van der Waals surface area contributed by atoms with Gasteiger partial charge in [0.1, 0.15) is 12.2 Å². The summed E-state index contributed by atoms with van der Waals surface area (Å²) in [5.41, 5.74) is 0. The molecular weight excluding hydrogens is 224 g/mol. The summed E-state index contributed by atoms with van der Waals surface area (Å²) >= 11 is 0. The second-order valence-electron chi connectivity index (χ2n) is 3.44. The van der Waals surface area contributed by atoms with Gasteiger partial charge in [0.2, 0.25) is 0 Å². The van der Waals surface area contributed by atoms with Crippen LogP contribution in [0.3, 0.4) is 0 Å². The molecule has 0 rings (SSSR count). The van der Waals surface area contributed by atoms with Crippen LogP contribution in [0.2, 0.25) is 0 Å². The maximum Gasteiger partial charge on any atom is 0.104 e.